The molecule has 1 aromatic carbocycles. The normalized spacial score (nSPS) is 10.3. The van der Waals surface area contributed by atoms with Gasteiger partial charge in [-0.3, -0.25) is 24.6 Å². The molecule has 108 valence electrons. The summed E-state index contributed by atoms with van der Waals surface area (Å²) >= 11 is 0. The number of non-ortho nitro benzene ring substituents is 1. The van der Waals surface area contributed by atoms with Gasteiger partial charge in [0.2, 0.25) is 5.91 Å². The van der Waals surface area contributed by atoms with Crippen molar-refractivity contribution in [3.05, 3.63) is 39.9 Å². The molecule has 0 heterocycles. The molecule has 0 aliphatic heterocycles. The van der Waals surface area contributed by atoms with E-state index >= 15 is 0 Å². The Morgan fingerprint density at radius 1 is 1.25 bits per heavy atom. The lowest BCUT2D eigenvalue weighted by molar-refractivity contribution is -0.384. The van der Waals surface area contributed by atoms with E-state index in [0.29, 0.717) is 12.1 Å². The molecule has 7 nitrogen and oxygen atoms in total. The van der Waals surface area contributed by atoms with Crippen molar-refractivity contribution in [1.82, 2.24) is 10.2 Å². The largest absolute Gasteiger partial charge is 0.358 e. The van der Waals surface area contributed by atoms with E-state index in [1.165, 1.54) is 31.3 Å². The van der Waals surface area contributed by atoms with Gasteiger partial charge in [-0.15, -0.1) is 0 Å². The smallest absolute Gasteiger partial charge is 0.269 e. The van der Waals surface area contributed by atoms with Crippen molar-refractivity contribution in [2.45, 2.75) is 6.92 Å². The first-order valence-electron chi connectivity index (χ1n) is 6.18. The molecule has 0 saturated heterocycles. The number of amides is 1. The minimum Gasteiger partial charge on any atom is -0.358 e. The number of likely N-dealkylation sites (N-methyl/N-ethyl adjacent to an activating group) is 2. The molecule has 0 unspecified atom stereocenters. The Morgan fingerprint density at radius 2 is 1.85 bits per heavy atom. The van der Waals surface area contributed by atoms with E-state index in [1.54, 1.807) is 4.90 Å². The number of ketones is 1. The average molecular weight is 279 g/mol. The molecule has 0 bridgehead atoms. The first-order chi connectivity index (χ1) is 9.47. The molecule has 1 N–H and O–H groups in total. The van der Waals surface area contributed by atoms with Crippen molar-refractivity contribution in [2.24, 2.45) is 0 Å². The zero-order chi connectivity index (χ0) is 15.1. The van der Waals surface area contributed by atoms with Gasteiger partial charge in [-0.1, -0.05) is 6.92 Å². The van der Waals surface area contributed by atoms with Crippen LogP contribution in [0.3, 0.4) is 0 Å². The van der Waals surface area contributed by atoms with Gasteiger partial charge in [0.1, 0.15) is 0 Å². The SMILES string of the molecule is CCN(CC(=O)NC)CC(=O)c1ccc([N+](=O)[O-])cc1. The Morgan fingerprint density at radius 3 is 2.30 bits per heavy atom. The lowest BCUT2D eigenvalue weighted by Crippen LogP contribution is -2.38. The quantitative estimate of drug-likeness (QED) is 0.453. The van der Waals surface area contributed by atoms with Gasteiger partial charge < -0.3 is 5.32 Å². The fourth-order valence-corrected chi connectivity index (χ4v) is 1.63. The summed E-state index contributed by atoms with van der Waals surface area (Å²) in [7, 11) is 1.54. The Kier molecular flexibility index (Phi) is 5.79. The van der Waals surface area contributed by atoms with E-state index in [0.717, 1.165) is 0 Å². The van der Waals surface area contributed by atoms with E-state index in [1.807, 2.05) is 6.92 Å². The number of rotatable bonds is 7. The monoisotopic (exact) mass is 279 g/mol. The molecule has 0 fully saturated rings. The number of carbonyl (C=O) groups is 2. The third-order valence-corrected chi connectivity index (χ3v) is 2.86. The third kappa shape index (κ3) is 4.43. The summed E-state index contributed by atoms with van der Waals surface area (Å²) in [6.45, 7) is 2.66. The van der Waals surface area contributed by atoms with Gasteiger partial charge in [0.05, 0.1) is 18.0 Å². The van der Waals surface area contributed by atoms with Crippen molar-refractivity contribution in [3.63, 3.8) is 0 Å². The third-order valence-electron chi connectivity index (χ3n) is 2.86. The Bertz CT molecular complexity index is 499. The van der Waals surface area contributed by atoms with Crippen LogP contribution in [0.15, 0.2) is 24.3 Å². The summed E-state index contributed by atoms with van der Waals surface area (Å²) in [4.78, 5) is 35.0. The molecular weight excluding hydrogens is 262 g/mol. The number of hydrogen-bond donors (Lipinski definition) is 1. The highest BCUT2D eigenvalue weighted by molar-refractivity contribution is 5.98. The minimum atomic E-state index is -0.516. The van der Waals surface area contributed by atoms with Gasteiger partial charge in [-0.2, -0.15) is 0 Å². The summed E-state index contributed by atoms with van der Waals surface area (Å²) in [5.41, 5.74) is 0.338. The van der Waals surface area contributed by atoms with Crippen molar-refractivity contribution >= 4 is 17.4 Å². The van der Waals surface area contributed by atoms with Crippen LogP contribution in [0.2, 0.25) is 0 Å². The highest BCUT2D eigenvalue weighted by atomic mass is 16.6. The first-order valence-corrected chi connectivity index (χ1v) is 6.18. The fraction of sp³-hybridized carbons (Fsp3) is 0.385. The molecule has 1 amide bonds. The molecule has 20 heavy (non-hydrogen) atoms. The summed E-state index contributed by atoms with van der Waals surface area (Å²) < 4.78 is 0. The van der Waals surface area contributed by atoms with E-state index in [4.69, 9.17) is 0 Å². The van der Waals surface area contributed by atoms with Gasteiger partial charge in [0, 0.05) is 24.7 Å². The number of nitrogens with zero attached hydrogens (tertiary/aromatic N) is 2. The fourth-order valence-electron chi connectivity index (χ4n) is 1.63. The number of nitro benzene ring substituents is 1. The maximum Gasteiger partial charge on any atom is 0.269 e. The molecule has 0 spiro atoms. The Hall–Kier alpha value is -2.28. The maximum absolute atomic E-state index is 12.0. The van der Waals surface area contributed by atoms with Crippen molar-refractivity contribution in [3.8, 4) is 0 Å². The summed E-state index contributed by atoms with van der Waals surface area (Å²) in [6.07, 6.45) is 0. The second-order valence-electron chi connectivity index (χ2n) is 4.20. The molecule has 1 aromatic rings. The number of benzene rings is 1. The van der Waals surface area contributed by atoms with Crippen LogP contribution in [-0.2, 0) is 4.79 Å². The molecule has 0 radical (unpaired) electrons. The van der Waals surface area contributed by atoms with Crippen molar-refractivity contribution < 1.29 is 14.5 Å². The highest BCUT2D eigenvalue weighted by Gasteiger charge is 2.14. The molecule has 0 saturated carbocycles. The summed E-state index contributed by atoms with van der Waals surface area (Å²) in [5, 5.41) is 13.0. The summed E-state index contributed by atoms with van der Waals surface area (Å²) in [5.74, 6) is -0.339. The molecule has 0 aromatic heterocycles. The van der Waals surface area contributed by atoms with Gasteiger partial charge in [-0.25, -0.2) is 0 Å². The first kappa shape index (κ1) is 15.8. The lowest BCUT2D eigenvalue weighted by atomic mass is 10.1. The second kappa shape index (κ2) is 7.34. The molecule has 7 heteroatoms. The number of nitro groups is 1. The predicted molar refractivity (Wildman–Crippen MR) is 73.6 cm³/mol. The zero-order valence-electron chi connectivity index (χ0n) is 11.5. The average Bonchev–Trinajstić information content (AvgIpc) is 2.46. The molecule has 0 atom stereocenters. The number of Topliss-reactive ketones (excluding diaryl/α,β-unsaturated/α-hetero) is 1. The molecule has 0 aliphatic carbocycles. The number of nitrogens with one attached hydrogen (secondary N) is 1. The minimum absolute atomic E-state index is 0.0562. The van der Waals surface area contributed by atoms with Crippen LogP contribution in [-0.4, -0.2) is 48.2 Å². The molecule has 1 rings (SSSR count). The molecular formula is C13H17N3O4. The zero-order valence-corrected chi connectivity index (χ0v) is 11.5. The maximum atomic E-state index is 12.0. The van der Waals surface area contributed by atoms with Gasteiger partial charge in [-0.05, 0) is 18.7 Å². The van der Waals surface area contributed by atoms with Crippen LogP contribution < -0.4 is 5.32 Å². The Balaban J connectivity index is 2.69. The van der Waals surface area contributed by atoms with Crippen LogP contribution >= 0.6 is 0 Å². The standard InChI is InChI=1S/C13H17N3O4/c1-3-15(9-13(18)14-2)8-12(17)10-4-6-11(7-5-10)16(19)20/h4-7H,3,8-9H2,1-2H3,(H,14,18). The van der Waals surface area contributed by atoms with Crippen LogP contribution in [0.1, 0.15) is 17.3 Å². The van der Waals surface area contributed by atoms with Crippen LogP contribution in [0.25, 0.3) is 0 Å². The van der Waals surface area contributed by atoms with Crippen molar-refractivity contribution in [1.29, 1.82) is 0 Å². The van der Waals surface area contributed by atoms with E-state index in [-0.39, 0.29) is 30.5 Å². The predicted octanol–water partition coefficient (Wildman–Crippen LogP) is 0.845. The second-order valence-corrected chi connectivity index (χ2v) is 4.20. The van der Waals surface area contributed by atoms with Gasteiger partial charge >= 0.3 is 0 Å². The van der Waals surface area contributed by atoms with Crippen LogP contribution in [0.4, 0.5) is 5.69 Å². The van der Waals surface area contributed by atoms with E-state index in [9.17, 15) is 19.7 Å². The lowest BCUT2D eigenvalue weighted by Gasteiger charge is -2.18. The van der Waals surface area contributed by atoms with Crippen molar-refractivity contribution in [2.75, 3.05) is 26.7 Å². The number of hydrogen-bond acceptors (Lipinski definition) is 5. The molecule has 0 aliphatic rings. The summed E-state index contributed by atoms with van der Waals surface area (Å²) in [6, 6.07) is 5.44. The van der Waals surface area contributed by atoms with E-state index < -0.39 is 4.92 Å². The van der Waals surface area contributed by atoms with Crippen LogP contribution in [0.5, 0.6) is 0 Å². The van der Waals surface area contributed by atoms with Crippen LogP contribution in [0, 0.1) is 10.1 Å². The highest BCUT2D eigenvalue weighted by Crippen LogP contribution is 2.12. The topological polar surface area (TPSA) is 92.6 Å². The van der Waals surface area contributed by atoms with Gasteiger partial charge in [0.15, 0.2) is 5.78 Å². The van der Waals surface area contributed by atoms with Gasteiger partial charge in [0.25, 0.3) is 5.69 Å². The number of carbonyl (C=O) groups excluding carboxylic acids is 2. The van der Waals surface area contributed by atoms with E-state index in [2.05, 4.69) is 5.32 Å². The Labute approximate surface area is 116 Å².